The van der Waals surface area contributed by atoms with Gasteiger partial charge < -0.3 is 4.74 Å². The van der Waals surface area contributed by atoms with Crippen molar-refractivity contribution in [2.45, 2.75) is 67.2 Å². The van der Waals surface area contributed by atoms with Gasteiger partial charge in [0.1, 0.15) is 0 Å². The zero-order valence-electron chi connectivity index (χ0n) is 14.8. The number of allylic oxidation sites excluding steroid dienone is 3. The standard InChI is InChI=1S/C19H34O2/c1-7-21-19(20)14-17(5)11-9-8-10-16(4)12-13-18(6)15(2)3/h9,11,14-16,18H,7-8,10,12-13H2,1-6H3. The van der Waals surface area contributed by atoms with Crippen LogP contribution in [0, 0.1) is 17.8 Å². The van der Waals surface area contributed by atoms with Gasteiger partial charge in [0, 0.05) is 6.08 Å². The molecule has 0 spiro atoms. The minimum Gasteiger partial charge on any atom is -0.463 e. The molecule has 0 aromatic carbocycles. The van der Waals surface area contributed by atoms with Crippen LogP contribution in [0.15, 0.2) is 23.8 Å². The quantitative estimate of drug-likeness (QED) is 0.300. The van der Waals surface area contributed by atoms with Crippen molar-refractivity contribution in [1.82, 2.24) is 0 Å². The molecule has 2 nitrogen and oxygen atoms in total. The molecular weight excluding hydrogens is 260 g/mol. The van der Waals surface area contributed by atoms with E-state index in [1.54, 1.807) is 6.08 Å². The average Bonchev–Trinajstić information content (AvgIpc) is 2.40. The van der Waals surface area contributed by atoms with Crippen LogP contribution >= 0.6 is 0 Å². The minimum absolute atomic E-state index is 0.254. The largest absolute Gasteiger partial charge is 0.463 e. The molecule has 0 amide bonds. The third kappa shape index (κ3) is 11.3. The van der Waals surface area contributed by atoms with Gasteiger partial charge in [0.05, 0.1) is 6.61 Å². The van der Waals surface area contributed by atoms with Crippen molar-refractivity contribution in [3.63, 3.8) is 0 Å². The molecule has 0 aliphatic carbocycles. The highest BCUT2D eigenvalue weighted by molar-refractivity contribution is 5.83. The fourth-order valence-corrected chi connectivity index (χ4v) is 2.09. The lowest BCUT2D eigenvalue weighted by Crippen LogP contribution is -2.06. The number of hydrogen-bond acceptors (Lipinski definition) is 2. The Bertz CT molecular complexity index is 339. The molecular formula is C19H34O2. The van der Waals surface area contributed by atoms with Crippen molar-refractivity contribution in [3.8, 4) is 0 Å². The van der Waals surface area contributed by atoms with Crippen LogP contribution in [-0.2, 0) is 9.53 Å². The molecule has 21 heavy (non-hydrogen) atoms. The first kappa shape index (κ1) is 19.9. The lowest BCUT2D eigenvalue weighted by atomic mass is 9.88. The summed E-state index contributed by atoms with van der Waals surface area (Å²) in [6, 6.07) is 0. The SMILES string of the molecule is CCOC(=O)C=C(C)C=CCCC(C)CCC(C)C(C)C. The summed E-state index contributed by atoms with van der Waals surface area (Å²) in [5.74, 6) is 2.12. The Hall–Kier alpha value is -1.05. The van der Waals surface area contributed by atoms with Gasteiger partial charge in [0.2, 0.25) is 0 Å². The molecule has 0 N–H and O–H groups in total. The van der Waals surface area contributed by atoms with Gasteiger partial charge in [0.15, 0.2) is 0 Å². The van der Waals surface area contributed by atoms with E-state index in [4.69, 9.17) is 4.74 Å². The molecule has 0 aliphatic heterocycles. The molecule has 0 rings (SSSR count). The molecule has 0 aromatic rings. The Labute approximate surface area is 131 Å². The molecule has 0 aliphatic rings. The van der Waals surface area contributed by atoms with Crippen LogP contribution in [0.25, 0.3) is 0 Å². The number of hydrogen-bond donors (Lipinski definition) is 0. The second kappa shape index (κ2) is 11.6. The zero-order valence-corrected chi connectivity index (χ0v) is 14.8. The van der Waals surface area contributed by atoms with E-state index in [1.807, 2.05) is 19.9 Å². The first-order valence-corrected chi connectivity index (χ1v) is 8.38. The van der Waals surface area contributed by atoms with Gasteiger partial charge in [-0.1, -0.05) is 52.7 Å². The van der Waals surface area contributed by atoms with Crippen molar-refractivity contribution < 1.29 is 9.53 Å². The summed E-state index contributed by atoms with van der Waals surface area (Å²) in [7, 11) is 0. The summed E-state index contributed by atoms with van der Waals surface area (Å²) in [6.45, 7) is 13.5. The van der Waals surface area contributed by atoms with E-state index in [2.05, 4.69) is 33.8 Å². The summed E-state index contributed by atoms with van der Waals surface area (Å²) in [5.41, 5.74) is 0.953. The summed E-state index contributed by atoms with van der Waals surface area (Å²) >= 11 is 0. The fourth-order valence-electron chi connectivity index (χ4n) is 2.09. The topological polar surface area (TPSA) is 26.3 Å². The molecule has 0 bridgehead atoms. The van der Waals surface area contributed by atoms with Crippen LogP contribution in [0.2, 0.25) is 0 Å². The Morgan fingerprint density at radius 1 is 1.10 bits per heavy atom. The molecule has 0 fully saturated rings. The zero-order chi connectivity index (χ0) is 16.3. The second-order valence-corrected chi connectivity index (χ2v) is 6.52. The smallest absolute Gasteiger partial charge is 0.330 e. The molecule has 0 aromatic heterocycles. The molecule has 2 unspecified atom stereocenters. The maximum atomic E-state index is 11.3. The first-order chi connectivity index (χ1) is 9.86. The van der Waals surface area contributed by atoms with Crippen LogP contribution in [0.5, 0.6) is 0 Å². The Balaban J connectivity index is 3.91. The van der Waals surface area contributed by atoms with Gasteiger partial charge in [-0.25, -0.2) is 4.79 Å². The van der Waals surface area contributed by atoms with Crippen molar-refractivity contribution in [3.05, 3.63) is 23.8 Å². The molecule has 0 radical (unpaired) electrons. The Morgan fingerprint density at radius 2 is 1.76 bits per heavy atom. The van der Waals surface area contributed by atoms with E-state index in [0.29, 0.717) is 6.61 Å². The molecule has 0 saturated carbocycles. The van der Waals surface area contributed by atoms with Gasteiger partial charge in [-0.3, -0.25) is 0 Å². The van der Waals surface area contributed by atoms with Crippen LogP contribution < -0.4 is 0 Å². The second-order valence-electron chi connectivity index (χ2n) is 6.52. The number of rotatable bonds is 10. The lowest BCUT2D eigenvalue weighted by Gasteiger charge is -2.17. The molecule has 122 valence electrons. The highest BCUT2D eigenvalue weighted by Crippen LogP contribution is 2.21. The van der Waals surface area contributed by atoms with Gasteiger partial charge in [-0.15, -0.1) is 0 Å². The Kier molecular flexibility index (Phi) is 11.0. The molecule has 0 saturated heterocycles. The monoisotopic (exact) mass is 294 g/mol. The molecule has 2 heteroatoms. The number of esters is 1. The maximum absolute atomic E-state index is 11.3. The van der Waals surface area contributed by atoms with Gasteiger partial charge in [-0.2, -0.15) is 0 Å². The summed E-state index contributed by atoms with van der Waals surface area (Å²) in [4.78, 5) is 11.3. The van der Waals surface area contributed by atoms with Gasteiger partial charge in [-0.05, 0) is 50.0 Å². The minimum atomic E-state index is -0.254. The summed E-state index contributed by atoms with van der Waals surface area (Å²) < 4.78 is 4.88. The van der Waals surface area contributed by atoms with Crippen molar-refractivity contribution in [1.29, 1.82) is 0 Å². The van der Waals surface area contributed by atoms with Crippen LogP contribution in [0.3, 0.4) is 0 Å². The van der Waals surface area contributed by atoms with Crippen molar-refractivity contribution in [2.75, 3.05) is 6.61 Å². The van der Waals surface area contributed by atoms with Gasteiger partial charge >= 0.3 is 5.97 Å². The third-order valence-corrected chi connectivity index (χ3v) is 4.09. The van der Waals surface area contributed by atoms with Gasteiger partial charge in [0.25, 0.3) is 0 Å². The van der Waals surface area contributed by atoms with E-state index in [-0.39, 0.29) is 5.97 Å². The van der Waals surface area contributed by atoms with Crippen molar-refractivity contribution in [2.24, 2.45) is 17.8 Å². The van der Waals surface area contributed by atoms with E-state index >= 15 is 0 Å². The number of carbonyl (C=O) groups excluding carboxylic acids is 1. The molecule has 0 heterocycles. The predicted molar refractivity (Wildman–Crippen MR) is 91.2 cm³/mol. The van der Waals surface area contributed by atoms with Crippen molar-refractivity contribution >= 4 is 5.97 Å². The summed E-state index contributed by atoms with van der Waals surface area (Å²) in [5, 5.41) is 0. The highest BCUT2D eigenvalue weighted by atomic mass is 16.5. The van der Waals surface area contributed by atoms with Crippen LogP contribution in [0.4, 0.5) is 0 Å². The van der Waals surface area contributed by atoms with E-state index < -0.39 is 0 Å². The normalized spacial score (nSPS) is 15.5. The van der Waals surface area contributed by atoms with Crippen LogP contribution in [0.1, 0.15) is 67.2 Å². The number of ether oxygens (including phenoxy) is 1. The predicted octanol–water partition coefficient (Wildman–Crippen LogP) is 5.54. The third-order valence-electron chi connectivity index (χ3n) is 4.09. The lowest BCUT2D eigenvalue weighted by molar-refractivity contribution is -0.137. The first-order valence-electron chi connectivity index (χ1n) is 8.38. The number of carbonyl (C=O) groups is 1. The maximum Gasteiger partial charge on any atom is 0.330 e. The van der Waals surface area contributed by atoms with E-state index in [1.165, 1.54) is 19.3 Å². The van der Waals surface area contributed by atoms with Crippen LogP contribution in [-0.4, -0.2) is 12.6 Å². The highest BCUT2D eigenvalue weighted by Gasteiger charge is 2.09. The molecule has 2 atom stereocenters. The van der Waals surface area contributed by atoms with E-state index in [0.717, 1.165) is 29.7 Å². The fraction of sp³-hybridized carbons (Fsp3) is 0.737. The van der Waals surface area contributed by atoms with E-state index in [9.17, 15) is 4.79 Å². The summed E-state index contributed by atoms with van der Waals surface area (Å²) in [6.07, 6.45) is 10.6. The average molecular weight is 294 g/mol. The Morgan fingerprint density at radius 3 is 2.33 bits per heavy atom.